The van der Waals surface area contributed by atoms with E-state index in [1.54, 1.807) is 48.5 Å². The minimum Gasteiger partial charge on any atom is -0.495 e. The predicted molar refractivity (Wildman–Crippen MR) is 168 cm³/mol. The Kier molecular flexibility index (Phi) is 11.5. The number of rotatable bonds is 13. The van der Waals surface area contributed by atoms with Crippen molar-refractivity contribution in [2.45, 2.75) is 64.3 Å². The van der Waals surface area contributed by atoms with Crippen molar-refractivity contribution in [3.63, 3.8) is 0 Å². The molecule has 236 valence electrons. The van der Waals surface area contributed by atoms with E-state index < -0.39 is 33.7 Å². The summed E-state index contributed by atoms with van der Waals surface area (Å²) in [7, 11) is 2.72. The molecule has 44 heavy (non-hydrogen) atoms. The fourth-order valence-electron chi connectivity index (χ4n) is 5.19. The molecule has 0 fully saturated rings. The van der Waals surface area contributed by atoms with Gasteiger partial charge in [0.15, 0.2) is 9.99 Å². The first-order valence-corrected chi connectivity index (χ1v) is 15.2. The molecule has 0 unspecified atom stereocenters. The lowest BCUT2D eigenvalue weighted by Crippen LogP contribution is -2.62. The Bertz CT molecular complexity index is 1410. The van der Waals surface area contributed by atoms with Crippen LogP contribution in [-0.2, 0) is 19.2 Å². The monoisotopic (exact) mass is 624 g/mol. The zero-order valence-electron chi connectivity index (χ0n) is 26.0. The van der Waals surface area contributed by atoms with Crippen LogP contribution in [-0.4, -0.2) is 76.1 Å². The number of imide groups is 2. The Morgan fingerprint density at radius 1 is 0.977 bits per heavy atom. The van der Waals surface area contributed by atoms with Gasteiger partial charge in [0.05, 0.1) is 30.0 Å². The van der Waals surface area contributed by atoms with Crippen LogP contribution in [0, 0.1) is 5.92 Å². The summed E-state index contributed by atoms with van der Waals surface area (Å²) in [6.45, 7) is 6.64. The maximum Gasteiger partial charge on any atom is 0.265 e. The van der Waals surface area contributed by atoms with Crippen molar-refractivity contribution in [2.24, 2.45) is 11.7 Å². The van der Waals surface area contributed by atoms with Gasteiger partial charge in [-0.3, -0.25) is 43.5 Å². The van der Waals surface area contributed by atoms with Gasteiger partial charge in [-0.1, -0.05) is 38.1 Å². The molecule has 1 aliphatic heterocycles. The Labute approximate surface area is 262 Å². The number of ether oxygens (including phenoxy) is 1. The van der Waals surface area contributed by atoms with Gasteiger partial charge in [-0.05, 0) is 68.1 Å². The second-order valence-electron chi connectivity index (χ2n) is 11.2. The van der Waals surface area contributed by atoms with E-state index in [2.05, 4.69) is 0 Å². The lowest BCUT2D eigenvalue weighted by atomic mass is 10.0. The number of carbonyl (C=O) groups excluding carboxylic acids is 6. The summed E-state index contributed by atoms with van der Waals surface area (Å²) in [6, 6.07) is 12.2. The number of nitrogens with two attached hydrogens (primary N) is 1. The molecule has 0 spiro atoms. The average Bonchev–Trinajstić information content (AvgIpc) is 3.22. The summed E-state index contributed by atoms with van der Waals surface area (Å²) in [5, 5.41) is -0.451. The highest BCUT2D eigenvalue weighted by molar-refractivity contribution is 8.15. The van der Waals surface area contributed by atoms with Gasteiger partial charge >= 0.3 is 0 Å². The molecule has 1 heterocycles. The van der Waals surface area contributed by atoms with E-state index in [1.165, 1.54) is 32.9 Å². The number of nitrogens with zero attached hydrogens (tertiary/aromatic N) is 3. The summed E-state index contributed by atoms with van der Waals surface area (Å²) in [4.78, 5) is 80.4. The third kappa shape index (κ3) is 7.36. The maximum absolute atomic E-state index is 14.1. The normalized spacial score (nSPS) is 14.6. The minimum absolute atomic E-state index is 0.0678. The molecule has 0 saturated heterocycles. The first-order valence-electron chi connectivity index (χ1n) is 14.4. The number of hydrogen-bond acceptors (Lipinski definition) is 9. The highest BCUT2D eigenvalue weighted by atomic mass is 32.2. The van der Waals surface area contributed by atoms with E-state index in [0.29, 0.717) is 35.7 Å². The summed E-state index contributed by atoms with van der Waals surface area (Å²) >= 11 is 0.612. The summed E-state index contributed by atoms with van der Waals surface area (Å²) in [5.74, 6) is -2.35. The number of methoxy groups -OCH3 is 1. The molecule has 1 aliphatic rings. The summed E-state index contributed by atoms with van der Waals surface area (Å²) < 4.78 is 5.50. The molecule has 5 amide bonds. The number of fused-ring (bicyclic) bond motifs is 1. The number of thioether (sulfide) groups is 1. The molecule has 0 aromatic heterocycles. The van der Waals surface area contributed by atoms with E-state index in [9.17, 15) is 28.8 Å². The maximum atomic E-state index is 14.1. The number of hydrogen-bond donors (Lipinski definition) is 1. The van der Waals surface area contributed by atoms with Crippen molar-refractivity contribution in [1.29, 1.82) is 0 Å². The highest BCUT2D eigenvalue weighted by Gasteiger charge is 2.49. The molecule has 2 atom stereocenters. The quantitative estimate of drug-likeness (QED) is 0.199. The fourth-order valence-corrected chi connectivity index (χ4v) is 6.26. The topological polar surface area (TPSA) is 147 Å². The number of unbranched alkanes of at least 4 members (excludes halogenated alkanes) is 1. The molecule has 2 aromatic rings. The Morgan fingerprint density at radius 2 is 1.55 bits per heavy atom. The van der Waals surface area contributed by atoms with Gasteiger partial charge in [0, 0.05) is 26.9 Å². The summed E-state index contributed by atoms with van der Waals surface area (Å²) in [6.07, 6.45) is 0.881. The van der Waals surface area contributed by atoms with Gasteiger partial charge in [-0.15, -0.1) is 0 Å². The molecule has 12 heteroatoms. The van der Waals surface area contributed by atoms with Gasteiger partial charge in [-0.25, -0.2) is 0 Å². The third-order valence-electron chi connectivity index (χ3n) is 7.33. The molecule has 2 N–H and O–H groups in total. The average molecular weight is 625 g/mol. The lowest BCUT2D eigenvalue weighted by molar-refractivity contribution is -0.145. The van der Waals surface area contributed by atoms with Crippen molar-refractivity contribution < 1.29 is 33.5 Å². The van der Waals surface area contributed by atoms with Crippen LogP contribution < -0.4 is 15.4 Å². The first-order chi connectivity index (χ1) is 20.7. The van der Waals surface area contributed by atoms with Gasteiger partial charge in [-0.2, -0.15) is 0 Å². The van der Waals surface area contributed by atoms with Gasteiger partial charge in [0.1, 0.15) is 5.75 Å². The first kappa shape index (κ1) is 34.5. The van der Waals surface area contributed by atoms with E-state index in [0.717, 1.165) is 9.80 Å². The smallest absolute Gasteiger partial charge is 0.265 e. The van der Waals surface area contributed by atoms with Crippen LogP contribution in [0.25, 0.3) is 0 Å². The van der Waals surface area contributed by atoms with Crippen LogP contribution >= 0.6 is 11.8 Å². The SMILES string of the molecule is COc1ccccc1N(C(=O)[C@@H](N)CC(C)C)[C@@](C)(SC(C)=O)C(=O)N(C)C(=O)CCCCN1C(=O)c2ccccc2C1=O. The summed E-state index contributed by atoms with van der Waals surface area (Å²) in [5.41, 5.74) is 7.25. The molecule has 11 nitrogen and oxygen atoms in total. The molecule has 0 aliphatic carbocycles. The van der Waals surface area contributed by atoms with E-state index in [4.69, 9.17) is 10.5 Å². The molecule has 0 bridgehead atoms. The number of para-hydroxylation sites is 2. The molecular formula is C32H40N4O7S. The molecule has 2 aromatic carbocycles. The van der Waals surface area contributed by atoms with E-state index in [-0.39, 0.29) is 48.6 Å². The second kappa shape index (κ2) is 14.6. The van der Waals surface area contributed by atoms with Gasteiger partial charge in [0.25, 0.3) is 17.7 Å². The largest absolute Gasteiger partial charge is 0.495 e. The minimum atomic E-state index is -1.89. The number of anilines is 1. The Balaban J connectivity index is 1.82. The lowest BCUT2D eigenvalue weighted by Gasteiger charge is -2.42. The van der Waals surface area contributed by atoms with Crippen LogP contribution in [0.5, 0.6) is 5.75 Å². The zero-order chi connectivity index (χ0) is 32.8. The van der Waals surface area contributed by atoms with Crippen molar-refractivity contribution in [3.05, 3.63) is 59.7 Å². The molecule has 0 saturated carbocycles. The third-order valence-corrected chi connectivity index (χ3v) is 8.38. The van der Waals surface area contributed by atoms with Crippen LogP contribution in [0.1, 0.15) is 74.1 Å². The molecule has 3 rings (SSSR count). The van der Waals surface area contributed by atoms with Gasteiger partial charge < -0.3 is 10.5 Å². The van der Waals surface area contributed by atoms with Gasteiger partial charge in [0.2, 0.25) is 11.8 Å². The predicted octanol–water partition coefficient (Wildman–Crippen LogP) is 3.85. The van der Waals surface area contributed by atoms with Crippen LogP contribution in [0.15, 0.2) is 48.5 Å². The number of likely N-dealkylation sites (N-methyl/N-ethyl adjacent to an activating group) is 1. The molecule has 0 radical (unpaired) electrons. The van der Waals surface area contributed by atoms with Crippen molar-refractivity contribution >= 4 is 52.1 Å². The van der Waals surface area contributed by atoms with Crippen molar-refractivity contribution in [1.82, 2.24) is 9.80 Å². The van der Waals surface area contributed by atoms with E-state index >= 15 is 0 Å². The van der Waals surface area contributed by atoms with Crippen LogP contribution in [0.3, 0.4) is 0 Å². The Hall–Kier alpha value is -4.03. The number of benzene rings is 2. The van der Waals surface area contributed by atoms with Crippen molar-refractivity contribution in [2.75, 3.05) is 25.6 Å². The van der Waals surface area contributed by atoms with Crippen LogP contribution in [0.2, 0.25) is 0 Å². The number of amides is 5. The molecular weight excluding hydrogens is 584 g/mol. The standard InChI is InChI=1S/C32H40N4O7S/c1-20(2)19-24(33)30(41)36(25-15-9-10-16-26(25)43-6)32(4,44-21(3)37)31(42)34(5)27(38)17-11-12-18-35-28(39)22-13-7-8-14-23(22)29(35)40/h7-10,13-16,20,24H,11-12,17-19,33H2,1-6H3/t24-,32-/m0/s1. The number of carbonyl (C=O) groups is 6. The fraction of sp³-hybridized carbons (Fsp3) is 0.438. The van der Waals surface area contributed by atoms with E-state index in [1.807, 2.05) is 13.8 Å². The highest BCUT2D eigenvalue weighted by Crippen LogP contribution is 2.41. The second-order valence-corrected chi connectivity index (χ2v) is 12.8. The van der Waals surface area contributed by atoms with Crippen LogP contribution in [0.4, 0.5) is 5.69 Å². The Morgan fingerprint density at radius 3 is 2.09 bits per heavy atom. The van der Waals surface area contributed by atoms with Crippen molar-refractivity contribution in [3.8, 4) is 5.75 Å². The zero-order valence-corrected chi connectivity index (χ0v) is 26.8.